The van der Waals surface area contributed by atoms with Crippen molar-refractivity contribution in [3.05, 3.63) is 46.0 Å². The summed E-state index contributed by atoms with van der Waals surface area (Å²) in [5.41, 5.74) is 7.03. The van der Waals surface area contributed by atoms with Crippen LogP contribution in [0.25, 0.3) is 0 Å². The van der Waals surface area contributed by atoms with Crippen LogP contribution >= 0.6 is 0 Å². The molecule has 0 bridgehead atoms. The quantitative estimate of drug-likeness (QED) is 0.231. The normalized spacial score (nSPS) is 14.8. The molecule has 3 rings (SSSR count). The lowest BCUT2D eigenvalue weighted by Gasteiger charge is -2.32. The fourth-order valence-electron chi connectivity index (χ4n) is 3.67. The van der Waals surface area contributed by atoms with E-state index < -0.39 is 4.92 Å². The number of anilines is 3. The maximum Gasteiger partial charge on any atom is 0.353 e. The largest absolute Gasteiger partial charge is 0.378 e. The van der Waals surface area contributed by atoms with E-state index in [9.17, 15) is 10.1 Å². The number of piperazine rings is 1. The topological polar surface area (TPSA) is 119 Å². The number of nitrogens with one attached hydrogen (secondary N) is 3. The van der Waals surface area contributed by atoms with E-state index in [0.717, 1.165) is 32.6 Å². The molecule has 0 amide bonds. The molecular weight excluding hydrogens is 384 g/mol. The van der Waals surface area contributed by atoms with Crippen molar-refractivity contribution in [3.8, 4) is 0 Å². The standard InChI is InChI=1S/C20H30N8O2/c1-25(2)10-6-9-22-20-23-18(21)17(28(29)30)19(24-20)27-13-11-26(12-14-27)15-16-7-4-3-5-8-16/h3-5,7-8H,6,9-15H2,1-2H3,(H3,21,22,23,24)/p+2. The summed E-state index contributed by atoms with van der Waals surface area (Å²) in [7, 11) is 4.19. The predicted molar refractivity (Wildman–Crippen MR) is 117 cm³/mol. The van der Waals surface area contributed by atoms with Gasteiger partial charge in [-0.1, -0.05) is 30.3 Å². The SMILES string of the molecule is C[NH+](C)CCCNc1nc(N)c([N+](=O)[O-])c(N2CC[NH+](Cc3ccccc3)CC2)n1. The molecule has 1 aromatic heterocycles. The molecule has 10 heteroatoms. The lowest BCUT2D eigenvalue weighted by atomic mass is 10.2. The molecule has 1 aromatic carbocycles. The van der Waals surface area contributed by atoms with Gasteiger partial charge in [-0.3, -0.25) is 10.1 Å². The van der Waals surface area contributed by atoms with Gasteiger partial charge in [0.05, 0.1) is 51.7 Å². The molecule has 5 N–H and O–H groups in total. The maximum atomic E-state index is 11.6. The third-order valence-corrected chi connectivity index (χ3v) is 5.28. The van der Waals surface area contributed by atoms with Crippen LogP contribution in [0.3, 0.4) is 0 Å². The number of hydrogen-bond donors (Lipinski definition) is 4. The van der Waals surface area contributed by atoms with Gasteiger partial charge in [0.2, 0.25) is 17.6 Å². The minimum atomic E-state index is -0.479. The Balaban J connectivity index is 1.68. The highest BCUT2D eigenvalue weighted by atomic mass is 16.6. The number of benzene rings is 1. The second-order valence-corrected chi connectivity index (χ2v) is 8.00. The van der Waals surface area contributed by atoms with Crippen LogP contribution in [0.5, 0.6) is 0 Å². The zero-order chi connectivity index (χ0) is 21.5. The fraction of sp³-hybridized carbons (Fsp3) is 0.500. The van der Waals surface area contributed by atoms with E-state index in [1.54, 1.807) is 0 Å². The van der Waals surface area contributed by atoms with Gasteiger partial charge in [-0.2, -0.15) is 9.97 Å². The average molecular weight is 417 g/mol. The number of nitrogen functional groups attached to an aromatic ring is 1. The van der Waals surface area contributed by atoms with Gasteiger partial charge in [0, 0.05) is 18.5 Å². The molecule has 0 radical (unpaired) electrons. The van der Waals surface area contributed by atoms with Crippen molar-refractivity contribution in [1.29, 1.82) is 0 Å². The maximum absolute atomic E-state index is 11.6. The highest BCUT2D eigenvalue weighted by molar-refractivity contribution is 5.71. The van der Waals surface area contributed by atoms with Crippen molar-refractivity contribution in [2.75, 3.05) is 69.3 Å². The minimum absolute atomic E-state index is 0.0928. The summed E-state index contributed by atoms with van der Waals surface area (Å²) in [4.78, 5) is 24.5. The molecule has 10 nitrogen and oxygen atoms in total. The van der Waals surface area contributed by atoms with E-state index in [4.69, 9.17) is 5.73 Å². The van der Waals surface area contributed by atoms with Crippen molar-refractivity contribution in [1.82, 2.24) is 9.97 Å². The second kappa shape index (κ2) is 10.2. The van der Waals surface area contributed by atoms with Crippen molar-refractivity contribution in [2.45, 2.75) is 13.0 Å². The van der Waals surface area contributed by atoms with Gasteiger partial charge >= 0.3 is 5.69 Å². The van der Waals surface area contributed by atoms with Crippen LogP contribution in [0.2, 0.25) is 0 Å². The molecule has 30 heavy (non-hydrogen) atoms. The lowest BCUT2D eigenvalue weighted by molar-refractivity contribution is -0.914. The second-order valence-electron chi connectivity index (χ2n) is 8.00. The third kappa shape index (κ3) is 5.77. The van der Waals surface area contributed by atoms with Crippen molar-refractivity contribution in [3.63, 3.8) is 0 Å². The highest BCUT2D eigenvalue weighted by Gasteiger charge is 2.30. The highest BCUT2D eigenvalue weighted by Crippen LogP contribution is 2.31. The van der Waals surface area contributed by atoms with Crippen molar-refractivity contribution >= 4 is 23.3 Å². The van der Waals surface area contributed by atoms with Crippen LogP contribution in [0.1, 0.15) is 12.0 Å². The zero-order valence-corrected chi connectivity index (χ0v) is 17.7. The number of rotatable bonds is 9. The Hall–Kier alpha value is -2.98. The van der Waals surface area contributed by atoms with E-state index in [1.165, 1.54) is 15.4 Å². The monoisotopic (exact) mass is 416 g/mol. The van der Waals surface area contributed by atoms with E-state index in [-0.39, 0.29) is 11.5 Å². The van der Waals surface area contributed by atoms with Crippen molar-refractivity contribution in [2.24, 2.45) is 0 Å². The molecule has 0 saturated carbocycles. The van der Waals surface area contributed by atoms with E-state index in [2.05, 4.69) is 41.5 Å². The van der Waals surface area contributed by atoms with Crippen LogP contribution in [0, 0.1) is 10.1 Å². The first-order valence-corrected chi connectivity index (χ1v) is 10.4. The molecule has 162 valence electrons. The Kier molecular flexibility index (Phi) is 7.36. The van der Waals surface area contributed by atoms with E-state index in [0.29, 0.717) is 31.4 Å². The Morgan fingerprint density at radius 2 is 1.93 bits per heavy atom. The number of nitrogens with zero attached hydrogens (tertiary/aromatic N) is 4. The Bertz CT molecular complexity index is 838. The van der Waals surface area contributed by atoms with Crippen LogP contribution in [0.15, 0.2) is 30.3 Å². The van der Waals surface area contributed by atoms with E-state index in [1.807, 2.05) is 23.1 Å². The average Bonchev–Trinajstić information content (AvgIpc) is 2.71. The summed E-state index contributed by atoms with van der Waals surface area (Å²) in [5.74, 6) is 0.567. The summed E-state index contributed by atoms with van der Waals surface area (Å²) >= 11 is 0. The van der Waals surface area contributed by atoms with Gasteiger partial charge in [-0.05, 0) is 0 Å². The van der Waals surface area contributed by atoms with Crippen LogP contribution < -0.4 is 25.8 Å². The molecular formula is C20H32N8O2+2. The number of aromatic nitrogens is 2. The van der Waals surface area contributed by atoms with Gasteiger partial charge < -0.3 is 25.8 Å². The summed E-state index contributed by atoms with van der Waals surface area (Å²) in [6.07, 6.45) is 0.944. The molecule has 1 fully saturated rings. The molecule has 2 aromatic rings. The van der Waals surface area contributed by atoms with Crippen LogP contribution in [0.4, 0.5) is 23.3 Å². The first-order valence-electron chi connectivity index (χ1n) is 10.4. The number of hydrogen-bond acceptors (Lipinski definition) is 7. The first kappa shape index (κ1) is 21.7. The minimum Gasteiger partial charge on any atom is -0.378 e. The molecule has 2 heterocycles. The smallest absolute Gasteiger partial charge is 0.353 e. The molecule has 0 atom stereocenters. The van der Waals surface area contributed by atoms with Crippen molar-refractivity contribution < 1.29 is 14.7 Å². The molecule has 1 aliphatic rings. The predicted octanol–water partition coefficient (Wildman–Crippen LogP) is -1.18. The summed E-state index contributed by atoms with van der Waals surface area (Å²) in [6.45, 7) is 5.77. The zero-order valence-electron chi connectivity index (χ0n) is 17.7. The Labute approximate surface area is 176 Å². The number of quaternary nitrogens is 2. The Morgan fingerprint density at radius 1 is 1.23 bits per heavy atom. The molecule has 0 spiro atoms. The number of nitro groups is 1. The van der Waals surface area contributed by atoms with Crippen LogP contribution in [-0.4, -0.2) is 68.3 Å². The number of nitrogens with two attached hydrogens (primary N) is 1. The summed E-state index contributed by atoms with van der Waals surface area (Å²) < 4.78 is 0. The molecule has 1 aliphatic heterocycles. The fourth-order valence-corrected chi connectivity index (χ4v) is 3.67. The van der Waals surface area contributed by atoms with Gasteiger partial charge in [0.15, 0.2) is 0 Å². The van der Waals surface area contributed by atoms with E-state index >= 15 is 0 Å². The Morgan fingerprint density at radius 3 is 2.57 bits per heavy atom. The summed E-state index contributed by atoms with van der Waals surface area (Å²) in [5, 5.41) is 14.8. The first-order chi connectivity index (χ1) is 14.4. The molecule has 0 aliphatic carbocycles. The van der Waals surface area contributed by atoms with Gasteiger partial charge in [0.1, 0.15) is 6.54 Å². The lowest BCUT2D eigenvalue weighted by Crippen LogP contribution is -3.13. The van der Waals surface area contributed by atoms with Gasteiger partial charge in [-0.25, -0.2) is 0 Å². The third-order valence-electron chi connectivity index (χ3n) is 5.28. The molecule has 1 saturated heterocycles. The van der Waals surface area contributed by atoms with Crippen LogP contribution in [-0.2, 0) is 6.54 Å². The van der Waals surface area contributed by atoms with Gasteiger partial charge in [0.25, 0.3) is 0 Å². The van der Waals surface area contributed by atoms with Gasteiger partial charge in [-0.15, -0.1) is 0 Å². The summed E-state index contributed by atoms with van der Waals surface area (Å²) in [6, 6.07) is 10.4. The molecule has 0 unspecified atom stereocenters.